The topological polar surface area (TPSA) is 78.1 Å². The largest absolute Gasteiger partial charge is 0.330 e. The molecule has 0 aromatic carbocycles. The van der Waals surface area contributed by atoms with Gasteiger partial charge in [0.2, 0.25) is 0 Å². The van der Waals surface area contributed by atoms with Crippen molar-refractivity contribution >= 4 is 37.2 Å². The van der Waals surface area contributed by atoms with Gasteiger partial charge in [-0.2, -0.15) is 0 Å². The van der Waals surface area contributed by atoms with Crippen LogP contribution in [0.3, 0.4) is 0 Å². The molecule has 0 unspecified atom stereocenters. The van der Waals surface area contributed by atoms with Crippen molar-refractivity contribution in [3.8, 4) is 0 Å². The van der Waals surface area contributed by atoms with Gasteiger partial charge in [-0.05, 0) is 38.9 Å². The minimum Gasteiger partial charge on any atom is -0.330 e. The van der Waals surface area contributed by atoms with Gasteiger partial charge >= 0.3 is 0 Å². The van der Waals surface area contributed by atoms with Crippen molar-refractivity contribution in [2.45, 2.75) is 252 Å². The van der Waals surface area contributed by atoms with Gasteiger partial charge in [-0.1, -0.05) is 233 Å². The summed E-state index contributed by atoms with van der Waals surface area (Å²) in [5, 5.41) is 0. The summed E-state index contributed by atoms with van der Waals surface area (Å²) in [7, 11) is 0. The zero-order valence-electron chi connectivity index (χ0n) is 33.5. The first-order valence-corrected chi connectivity index (χ1v) is 21.3. The maximum absolute atomic E-state index is 5.45. The van der Waals surface area contributed by atoms with Crippen LogP contribution in [0.15, 0.2) is 0 Å². The molecule has 3 nitrogen and oxygen atoms in total. The molecule has 0 aromatic rings. The third-order valence-corrected chi connectivity index (χ3v) is 9.17. The van der Waals surface area contributed by atoms with Crippen LogP contribution in [0.2, 0.25) is 0 Å². The normalized spacial score (nSPS) is 10.1. The van der Waals surface area contributed by atoms with Crippen LogP contribution >= 0.6 is 37.2 Å². The third-order valence-electron chi connectivity index (χ3n) is 9.17. The lowest BCUT2D eigenvalue weighted by Gasteiger charge is -2.01. The SMILES string of the molecule is CCCCCCCCCCCCCCN.CCCCCCCCCCCCCCN.CCCCCCCCCCCCCCN.Cl.Cl.Cl. The molecule has 0 aliphatic carbocycles. The Bertz CT molecular complexity index is 347. The molecule has 0 aliphatic heterocycles. The molecule has 48 heavy (non-hydrogen) atoms. The highest BCUT2D eigenvalue weighted by molar-refractivity contribution is 5.86. The van der Waals surface area contributed by atoms with Crippen LogP contribution in [-0.4, -0.2) is 19.6 Å². The molecule has 0 aromatic heterocycles. The first kappa shape index (κ1) is 60.8. The van der Waals surface area contributed by atoms with Crippen molar-refractivity contribution in [2.24, 2.45) is 17.2 Å². The van der Waals surface area contributed by atoms with Crippen molar-refractivity contribution in [3.63, 3.8) is 0 Å². The van der Waals surface area contributed by atoms with Gasteiger partial charge in [-0.3, -0.25) is 0 Å². The number of hydrogen-bond donors (Lipinski definition) is 3. The minimum absolute atomic E-state index is 0. The van der Waals surface area contributed by atoms with Gasteiger partial charge in [0.1, 0.15) is 0 Å². The van der Waals surface area contributed by atoms with E-state index in [1.165, 1.54) is 231 Å². The predicted molar refractivity (Wildman–Crippen MR) is 232 cm³/mol. The number of unbranched alkanes of at least 4 members (excludes halogenated alkanes) is 33. The molecule has 0 radical (unpaired) electrons. The summed E-state index contributed by atoms with van der Waals surface area (Å²) in [6.45, 7) is 9.45. The fourth-order valence-electron chi connectivity index (χ4n) is 5.96. The third kappa shape index (κ3) is 72.5. The smallest absolute Gasteiger partial charge is 0.00773 e. The number of halogens is 3. The van der Waals surface area contributed by atoms with E-state index in [4.69, 9.17) is 17.2 Å². The van der Waals surface area contributed by atoms with Crippen LogP contribution in [0.4, 0.5) is 0 Å². The van der Waals surface area contributed by atoms with Crippen LogP contribution in [-0.2, 0) is 0 Å². The number of rotatable bonds is 36. The Kier molecular flexibility index (Phi) is 83.7. The van der Waals surface area contributed by atoms with Gasteiger partial charge in [0.05, 0.1) is 0 Å². The molecule has 0 amide bonds. The van der Waals surface area contributed by atoms with Crippen LogP contribution in [0.25, 0.3) is 0 Å². The summed E-state index contributed by atoms with van der Waals surface area (Å²) in [6, 6.07) is 0. The minimum atomic E-state index is 0. The van der Waals surface area contributed by atoms with Crippen molar-refractivity contribution in [1.29, 1.82) is 0 Å². The lowest BCUT2D eigenvalue weighted by Crippen LogP contribution is -1.97. The van der Waals surface area contributed by atoms with Gasteiger partial charge in [0.25, 0.3) is 0 Å². The van der Waals surface area contributed by atoms with E-state index in [0.717, 1.165) is 19.6 Å². The Labute approximate surface area is 324 Å². The summed E-state index contributed by atoms with van der Waals surface area (Å²) in [5.41, 5.74) is 16.3. The second-order valence-corrected chi connectivity index (χ2v) is 14.0. The van der Waals surface area contributed by atoms with Gasteiger partial charge in [-0.25, -0.2) is 0 Å². The van der Waals surface area contributed by atoms with Crippen molar-refractivity contribution in [1.82, 2.24) is 0 Å². The fraction of sp³-hybridized carbons (Fsp3) is 1.00. The van der Waals surface area contributed by atoms with E-state index in [1.807, 2.05) is 0 Å². The van der Waals surface area contributed by atoms with Gasteiger partial charge in [0.15, 0.2) is 0 Å². The lowest BCUT2D eigenvalue weighted by atomic mass is 10.1. The molecule has 0 saturated heterocycles. The van der Waals surface area contributed by atoms with E-state index in [-0.39, 0.29) is 37.2 Å². The first-order valence-electron chi connectivity index (χ1n) is 21.3. The van der Waals surface area contributed by atoms with E-state index in [2.05, 4.69) is 20.8 Å². The van der Waals surface area contributed by atoms with Crippen LogP contribution in [0, 0.1) is 0 Å². The second-order valence-electron chi connectivity index (χ2n) is 14.0. The second kappa shape index (κ2) is 66.0. The maximum Gasteiger partial charge on any atom is -0.00773 e. The highest BCUT2D eigenvalue weighted by Gasteiger charge is 1.94. The Balaban J connectivity index is -0.000000134. The fourth-order valence-corrected chi connectivity index (χ4v) is 5.96. The molecule has 0 spiro atoms. The summed E-state index contributed by atoms with van der Waals surface area (Å²) < 4.78 is 0. The Hall–Kier alpha value is 0.750. The molecule has 0 aliphatic rings. The standard InChI is InChI=1S/3C14H31N.3ClH/c3*1-2-3-4-5-6-7-8-9-10-11-12-13-14-15;;;/h3*2-15H2,1H3;3*1H. The van der Waals surface area contributed by atoms with Gasteiger partial charge in [0, 0.05) is 0 Å². The van der Waals surface area contributed by atoms with Crippen LogP contribution in [0.5, 0.6) is 0 Å². The summed E-state index contributed by atoms with van der Waals surface area (Å²) in [4.78, 5) is 0. The molecule has 0 fully saturated rings. The van der Waals surface area contributed by atoms with Gasteiger partial charge < -0.3 is 17.2 Å². The Morgan fingerprint density at radius 3 is 0.396 bits per heavy atom. The quantitative estimate of drug-likeness (QED) is 0.0558. The van der Waals surface area contributed by atoms with E-state index in [9.17, 15) is 0 Å². The average molecular weight is 750 g/mol. The van der Waals surface area contributed by atoms with Crippen molar-refractivity contribution in [3.05, 3.63) is 0 Å². The average Bonchev–Trinajstić information content (AvgIpc) is 3.06. The zero-order valence-corrected chi connectivity index (χ0v) is 36.0. The highest BCUT2D eigenvalue weighted by atomic mass is 35.5. The number of hydrogen-bond acceptors (Lipinski definition) is 3. The van der Waals surface area contributed by atoms with Gasteiger partial charge in [-0.15, -0.1) is 37.2 Å². The van der Waals surface area contributed by atoms with E-state index in [1.54, 1.807) is 0 Å². The predicted octanol–water partition coefficient (Wildman–Crippen LogP) is 15.2. The molecule has 0 bridgehead atoms. The maximum atomic E-state index is 5.45. The lowest BCUT2D eigenvalue weighted by molar-refractivity contribution is 0.545. The molecule has 6 N–H and O–H groups in total. The van der Waals surface area contributed by atoms with E-state index in [0.29, 0.717) is 0 Å². The summed E-state index contributed by atoms with van der Waals surface area (Å²) in [5.74, 6) is 0. The molecule has 300 valence electrons. The summed E-state index contributed by atoms with van der Waals surface area (Å²) in [6.07, 6.45) is 50.7. The molecular formula is C42H96Cl3N3. The van der Waals surface area contributed by atoms with E-state index < -0.39 is 0 Å². The van der Waals surface area contributed by atoms with Crippen LogP contribution in [0.1, 0.15) is 252 Å². The molecule has 0 heterocycles. The van der Waals surface area contributed by atoms with Crippen molar-refractivity contribution in [2.75, 3.05) is 19.6 Å². The molecule has 0 saturated carbocycles. The van der Waals surface area contributed by atoms with Crippen LogP contribution < -0.4 is 17.2 Å². The zero-order chi connectivity index (χ0) is 33.6. The summed E-state index contributed by atoms with van der Waals surface area (Å²) >= 11 is 0. The highest BCUT2D eigenvalue weighted by Crippen LogP contribution is 2.13. The molecular weight excluding hydrogens is 653 g/mol. The Morgan fingerprint density at radius 2 is 0.292 bits per heavy atom. The van der Waals surface area contributed by atoms with E-state index >= 15 is 0 Å². The first-order chi connectivity index (χ1) is 22.2. The Morgan fingerprint density at radius 1 is 0.188 bits per heavy atom. The van der Waals surface area contributed by atoms with Crippen molar-refractivity contribution < 1.29 is 0 Å². The molecule has 0 atom stereocenters. The molecule has 0 rings (SSSR count). The number of nitrogens with two attached hydrogens (primary N) is 3. The monoisotopic (exact) mass is 748 g/mol. The molecule has 6 heteroatoms.